The Balaban J connectivity index is 1.62. The quantitative estimate of drug-likeness (QED) is 0.752. The van der Waals surface area contributed by atoms with Crippen LogP contribution < -0.4 is 11.1 Å². The molecule has 1 saturated heterocycles. The normalized spacial score (nSPS) is 14.1. The number of benzene rings is 1. The fourth-order valence-electron chi connectivity index (χ4n) is 2.87. The standard InChI is InChI=1S/C17H22N6O2/c18-7-9-23-12-15(20-21-23)17(25)19-10-13-4-1-2-5-14(13)11-22-8-3-6-16(22)24/h1-2,4-5,12H,3,6-11,18H2,(H,19,25). The number of likely N-dealkylation sites (tertiary alicyclic amines) is 1. The van der Waals surface area contributed by atoms with Crippen molar-refractivity contribution in [3.05, 3.63) is 47.3 Å². The summed E-state index contributed by atoms with van der Waals surface area (Å²) in [6.45, 7) is 2.71. The van der Waals surface area contributed by atoms with Crippen molar-refractivity contribution in [3.63, 3.8) is 0 Å². The van der Waals surface area contributed by atoms with Gasteiger partial charge >= 0.3 is 0 Å². The van der Waals surface area contributed by atoms with Gasteiger partial charge in [0.15, 0.2) is 5.69 Å². The van der Waals surface area contributed by atoms with E-state index in [1.165, 1.54) is 0 Å². The van der Waals surface area contributed by atoms with E-state index in [1.54, 1.807) is 10.9 Å². The Kier molecular flexibility index (Phi) is 5.39. The van der Waals surface area contributed by atoms with Crippen molar-refractivity contribution in [2.75, 3.05) is 13.1 Å². The fourth-order valence-corrected chi connectivity index (χ4v) is 2.87. The van der Waals surface area contributed by atoms with Crippen LogP contribution in [0.25, 0.3) is 0 Å². The molecule has 1 aromatic heterocycles. The minimum Gasteiger partial charge on any atom is -0.347 e. The highest BCUT2D eigenvalue weighted by molar-refractivity contribution is 5.91. The van der Waals surface area contributed by atoms with Crippen LogP contribution in [0.15, 0.2) is 30.5 Å². The molecule has 2 heterocycles. The molecule has 3 N–H and O–H groups in total. The van der Waals surface area contributed by atoms with E-state index in [0.717, 1.165) is 24.1 Å². The van der Waals surface area contributed by atoms with Gasteiger partial charge < -0.3 is 16.0 Å². The van der Waals surface area contributed by atoms with Crippen LogP contribution in [0, 0.1) is 0 Å². The molecule has 0 atom stereocenters. The number of hydrogen-bond donors (Lipinski definition) is 2. The second-order valence-corrected chi connectivity index (χ2v) is 6.03. The maximum atomic E-state index is 12.2. The Morgan fingerprint density at radius 2 is 2.08 bits per heavy atom. The molecular weight excluding hydrogens is 320 g/mol. The van der Waals surface area contributed by atoms with Crippen molar-refractivity contribution in [3.8, 4) is 0 Å². The minimum absolute atomic E-state index is 0.190. The van der Waals surface area contributed by atoms with Crippen molar-refractivity contribution in [2.45, 2.75) is 32.5 Å². The van der Waals surface area contributed by atoms with E-state index in [2.05, 4.69) is 15.6 Å². The van der Waals surface area contributed by atoms with Crippen molar-refractivity contribution >= 4 is 11.8 Å². The zero-order valence-corrected chi connectivity index (χ0v) is 14.0. The highest BCUT2D eigenvalue weighted by atomic mass is 16.2. The first-order valence-corrected chi connectivity index (χ1v) is 8.40. The van der Waals surface area contributed by atoms with Gasteiger partial charge in [0.1, 0.15) is 0 Å². The lowest BCUT2D eigenvalue weighted by Gasteiger charge is -2.18. The zero-order chi connectivity index (χ0) is 17.6. The van der Waals surface area contributed by atoms with E-state index in [-0.39, 0.29) is 17.5 Å². The van der Waals surface area contributed by atoms with Crippen LogP contribution in [-0.4, -0.2) is 44.8 Å². The molecule has 0 unspecified atom stereocenters. The number of amides is 2. The summed E-state index contributed by atoms with van der Waals surface area (Å²) in [5, 5.41) is 10.6. The first-order valence-electron chi connectivity index (χ1n) is 8.40. The summed E-state index contributed by atoms with van der Waals surface area (Å²) in [6.07, 6.45) is 3.12. The molecule has 8 nitrogen and oxygen atoms in total. The first-order chi connectivity index (χ1) is 12.2. The number of nitrogens with zero attached hydrogens (tertiary/aromatic N) is 4. The van der Waals surface area contributed by atoms with E-state index in [9.17, 15) is 9.59 Å². The molecule has 0 saturated carbocycles. The summed E-state index contributed by atoms with van der Waals surface area (Å²) < 4.78 is 1.54. The summed E-state index contributed by atoms with van der Waals surface area (Å²) in [5.41, 5.74) is 7.76. The summed E-state index contributed by atoms with van der Waals surface area (Å²) in [7, 11) is 0. The minimum atomic E-state index is -0.282. The van der Waals surface area contributed by atoms with Crippen molar-refractivity contribution < 1.29 is 9.59 Å². The average molecular weight is 342 g/mol. The van der Waals surface area contributed by atoms with Crippen LogP contribution in [0.4, 0.5) is 0 Å². The molecule has 0 bridgehead atoms. The van der Waals surface area contributed by atoms with Crippen LogP contribution in [-0.2, 0) is 24.4 Å². The molecule has 2 amide bonds. The van der Waals surface area contributed by atoms with Crippen LogP contribution in [0.1, 0.15) is 34.5 Å². The van der Waals surface area contributed by atoms with Crippen LogP contribution in [0.5, 0.6) is 0 Å². The van der Waals surface area contributed by atoms with E-state index < -0.39 is 0 Å². The smallest absolute Gasteiger partial charge is 0.273 e. The van der Waals surface area contributed by atoms with Crippen molar-refractivity contribution in [1.82, 2.24) is 25.2 Å². The Labute approximate surface area is 146 Å². The molecule has 1 aromatic carbocycles. The molecule has 25 heavy (non-hydrogen) atoms. The Bertz CT molecular complexity index is 757. The molecule has 0 aliphatic carbocycles. The third-order valence-corrected chi connectivity index (χ3v) is 4.22. The van der Waals surface area contributed by atoms with E-state index >= 15 is 0 Å². The zero-order valence-electron chi connectivity index (χ0n) is 14.0. The van der Waals surface area contributed by atoms with E-state index in [4.69, 9.17) is 5.73 Å². The molecule has 0 radical (unpaired) electrons. The van der Waals surface area contributed by atoms with Crippen molar-refractivity contribution in [1.29, 1.82) is 0 Å². The van der Waals surface area contributed by atoms with Crippen molar-refractivity contribution in [2.24, 2.45) is 5.73 Å². The second kappa shape index (κ2) is 7.89. The monoisotopic (exact) mass is 342 g/mol. The van der Waals surface area contributed by atoms with Gasteiger partial charge in [0.05, 0.1) is 12.7 Å². The molecule has 0 spiro atoms. The number of nitrogens with two attached hydrogens (primary N) is 1. The van der Waals surface area contributed by atoms with Gasteiger partial charge in [0.25, 0.3) is 5.91 Å². The fraction of sp³-hybridized carbons (Fsp3) is 0.412. The highest BCUT2D eigenvalue weighted by Crippen LogP contribution is 2.17. The summed E-state index contributed by atoms with van der Waals surface area (Å²) in [6, 6.07) is 7.82. The Morgan fingerprint density at radius 1 is 1.28 bits per heavy atom. The van der Waals surface area contributed by atoms with Gasteiger partial charge in [-0.05, 0) is 17.5 Å². The van der Waals surface area contributed by atoms with Gasteiger partial charge in [-0.2, -0.15) is 0 Å². The summed E-state index contributed by atoms with van der Waals surface area (Å²) in [5.74, 6) is -0.0920. The lowest BCUT2D eigenvalue weighted by Crippen LogP contribution is -2.27. The van der Waals surface area contributed by atoms with Crippen LogP contribution in [0.3, 0.4) is 0 Å². The number of aromatic nitrogens is 3. The summed E-state index contributed by atoms with van der Waals surface area (Å²) in [4.78, 5) is 25.9. The topological polar surface area (TPSA) is 106 Å². The second-order valence-electron chi connectivity index (χ2n) is 6.03. The molecule has 1 fully saturated rings. The van der Waals surface area contributed by atoms with Gasteiger partial charge in [-0.1, -0.05) is 29.5 Å². The lowest BCUT2D eigenvalue weighted by atomic mass is 10.1. The number of rotatable bonds is 7. The lowest BCUT2D eigenvalue weighted by molar-refractivity contribution is -0.128. The third-order valence-electron chi connectivity index (χ3n) is 4.22. The number of nitrogens with one attached hydrogen (secondary N) is 1. The highest BCUT2D eigenvalue weighted by Gasteiger charge is 2.21. The Morgan fingerprint density at radius 3 is 2.80 bits per heavy atom. The predicted molar refractivity (Wildman–Crippen MR) is 91.3 cm³/mol. The predicted octanol–water partition coefficient (Wildman–Crippen LogP) is 0.289. The number of carbonyl (C=O) groups excluding carboxylic acids is 2. The van der Waals surface area contributed by atoms with Gasteiger partial charge in [0.2, 0.25) is 5.91 Å². The molecule has 1 aliphatic heterocycles. The molecule has 1 aliphatic rings. The van der Waals surface area contributed by atoms with Crippen LogP contribution in [0.2, 0.25) is 0 Å². The van der Waals surface area contributed by atoms with Crippen LogP contribution >= 0.6 is 0 Å². The molecule has 8 heteroatoms. The van der Waals surface area contributed by atoms with Gasteiger partial charge in [-0.15, -0.1) is 5.10 Å². The first kappa shape index (κ1) is 17.1. The third kappa shape index (κ3) is 4.21. The SMILES string of the molecule is NCCn1cc(C(=O)NCc2ccccc2CN2CCCC2=O)nn1. The van der Waals surface area contributed by atoms with Gasteiger partial charge in [-0.3, -0.25) is 14.3 Å². The largest absolute Gasteiger partial charge is 0.347 e. The Hall–Kier alpha value is -2.74. The molecule has 132 valence electrons. The van der Waals surface area contributed by atoms with Gasteiger partial charge in [0, 0.05) is 32.6 Å². The maximum Gasteiger partial charge on any atom is 0.273 e. The number of hydrogen-bond acceptors (Lipinski definition) is 5. The average Bonchev–Trinajstić information content (AvgIpc) is 3.24. The van der Waals surface area contributed by atoms with E-state index in [0.29, 0.717) is 32.6 Å². The summed E-state index contributed by atoms with van der Waals surface area (Å²) >= 11 is 0. The molecule has 3 rings (SSSR count). The number of carbonyl (C=O) groups is 2. The van der Waals surface area contributed by atoms with Gasteiger partial charge in [-0.25, -0.2) is 0 Å². The molecular formula is C17H22N6O2. The maximum absolute atomic E-state index is 12.2. The molecule has 2 aromatic rings. The van der Waals surface area contributed by atoms with E-state index in [1.807, 2.05) is 29.2 Å².